The van der Waals surface area contributed by atoms with Gasteiger partial charge in [-0.2, -0.15) is 37.1 Å². The van der Waals surface area contributed by atoms with E-state index in [1.54, 1.807) is 31.3 Å². The van der Waals surface area contributed by atoms with Gasteiger partial charge in [0, 0.05) is 61.7 Å². The van der Waals surface area contributed by atoms with Gasteiger partial charge in [-0.3, -0.25) is 18.9 Å². The Morgan fingerprint density at radius 3 is 2.28 bits per heavy atom. The van der Waals surface area contributed by atoms with Crippen LogP contribution in [0.5, 0.6) is 0 Å². The van der Waals surface area contributed by atoms with Crippen LogP contribution in [0.3, 0.4) is 0 Å². The normalized spacial score (nSPS) is 15.2. The number of alkyl halides is 5. The van der Waals surface area contributed by atoms with Crippen molar-refractivity contribution in [2.45, 2.75) is 51.9 Å². The Bertz CT molecular complexity index is 2710. The number of carbonyl (C=O) groups is 1. The number of nitrogens with one attached hydrogen (secondary N) is 3. The van der Waals surface area contributed by atoms with Crippen LogP contribution in [0.25, 0.3) is 32.4 Å². The zero-order valence-corrected chi connectivity index (χ0v) is 35.0. The van der Waals surface area contributed by atoms with Crippen LogP contribution in [0, 0.1) is 23.5 Å². The fraction of sp³-hybridized carbons (Fsp3) is 0.410. The molecule has 0 bridgehead atoms. The summed E-state index contributed by atoms with van der Waals surface area (Å²) in [7, 11) is -2.19. The smallest absolute Gasteiger partial charge is 0.346 e. The number of nitrogens with zero attached hydrogens (tertiary/aromatic N) is 7. The average molecular weight is 895 g/mol. The van der Waals surface area contributed by atoms with Crippen molar-refractivity contribution in [3.05, 3.63) is 82.8 Å². The van der Waals surface area contributed by atoms with E-state index in [4.69, 9.17) is 9.97 Å². The van der Waals surface area contributed by atoms with Gasteiger partial charge in [0.15, 0.2) is 22.3 Å². The van der Waals surface area contributed by atoms with Gasteiger partial charge in [0.05, 0.1) is 28.2 Å². The molecule has 0 unspecified atom stereocenters. The Hall–Kier alpha value is -5.35. The van der Waals surface area contributed by atoms with Crippen LogP contribution in [-0.2, 0) is 46.9 Å². The molecule has 4 aromatic heterocycles. The molecule has 1 amide bonds. The highest BCUT2D eigenvalue weighted by atomic mass is 32.2. The van der Waals surface area contributed by atoms with Crippen molar-refractivity contribution in [2.24, 2.45) is 18.9 Å². The first-order valence-electron chi connectivity index (χ1n) is 19.1. The van der Waals surface area contributed by atoms with Gasteiger partial charge in [0.25, 0.3) is 5.92 Å². The summed E-state index contributed by atoms with van der Waals surface area (Å²) in [6, 6.07) is 8.36. The van der Waals surface area contributed by atoms with E-state index in [0.29, 0.717) is 68.8 Å². The summed E-state index contributed by atoms with van der Waals surface area (Å²) in [5.41, 5.74) is -1.16. The fourth-order valence-corrected chi connectivity index (χ4v) is 8.80. The molecule has 0 radical (unpaired) electrons. The second-order valence-corrected chi connectivity index (χ2v) is 18.1. The third kappa shape index (κ3) is 9.30. The Morgan fingerprint density at radius 1 is 0.951 bits per heavy atom. The lowest BCUT2D eigenvalue weighted by atomic mass is 9.89. The van der Waals surface area contributed by atoms with Crippen LogP contribution >= 0.6 is 11.3 Å². The maximum atomic E-state index is 15.9. The van der Waals surface area contributed by atoms with Crippen LogP contribution in [0.2, 0.25) is 0 Å². The number of fused-ring (bicyclic) bond motifs is 2. The number of sulfonamides is 1. The number of amides is 1. The molecule has 7 rings (SSSR count). The number of anilines is 2. The van der Waals surface area contributed by atoms with Gasteiger partial charge in [0.2, 0.25) is 15.9 Å². The number of hydrogen-bond acceptors (Lipinski definition) is 10. The molecule has 1 aliphatic heterocycles. The number of aromatic nitrogens is 6. The van der Waals surface area contributed by atoms with Crippen LogP contribution in [0.4, 0.5) is 41.7 Å². The van der Waals surface area contributed by atoms with Gasteiger partial charge in [-0.15, -0.1) is 0 Å². The topological polar surface area (TPSA) is 152 Å². The summed E-state index contributed by atoms with van der Waals surface area (Å²) < 4.78 is 132. The van der Waals surface area contributed by atoms with E-state index >= 15 is 8.78 Å². The fourth-order valence-electron chi connectivity index (χ4n) is 7.30. The van der Waals surface area contributed by atoms with E-state index in [0.717, 1.165) is 18.4 Å². The molecule has 1 saturated heterocycles. The lowest BCUT2D eigenvalue weighted by Crippen LogP contribution is -2.43. The van der Waals surface area contributed by atoms with E-state index in [1.807, 2.05) is 0 Å². The average Bonchev–Trinajstić information content (AvgIpc) is 3.88. The first-order chi connectivity index (χ1) is 28.6. The van der Waals surface area contributed by atoms with E-state index in [2.05, 4.69) is 30.5 Å². The summed E-state index contributed by atoms with van der Waals surface area (Å²) in [6.45, 7) is 5.76. The van der Waals surface area contributed by atoms with Gasteiger partial charge in [-0.25, -0.2) is 22.2 Å². The van der Waals surface area contributed by atoms with Gasteiger partial charge < -0.3 is 15.5 Å². The number of piperazine rings is 1. The molecule has 1 fully saturated rings. The molecule has 2 atom stereocenters. The molecule has 0 spiro atoms. The molecule has 61 heavy (non-hydrogen) atoms. The third-order valence-electron chi connectivity index (χ3n) is 10.5. The number of carbonyl (C=O) groups excluding carboxylic acids is 1. The van der Waals surface area contributed by atoms with Crippen LogP contribution in [0.15, 0.2) is 48.5 Å². The lowest BCUT2D eigenvalue weighted by molar-refractivity contribution is -0.141. The molecular weight excluding hydrogens is 854 g/mol. The Balaban J connectivity index is 1.40. The molecule has 2 aromatic carbocycles. The second kappa shape index (κ2) is 16.5. The van der Waals surface area contributed by atoms with Crippen LogP contribution < -0.4 is 20.3 Å². The zero-order valence-electron chi connectivity index (χ0n) is 33.4. The largest absolute Gasteiger partial charge is 0.435 e. The standard InChI is InChI=1S/C39H41F7N10O3S2/c1-20(2)21(3)38(42,43)31-18-30(39(44,45)46)51-56(31)19-32(57)48-28(15-22-13-23(40)16-24(41)14-22)33-27(17-29-36(49-33)50-37(60-29)55-11-9-47-10-12-55)25-7-6-8-26-34(25)54(4)52-35(26)53-61(5,58)59/h6-8,13-14,16-18,20-21,28,47H,9-12,15,19H2,1-5H3,(H,48,57)(H,52,53)/t21-,28+/m1/s1. The number of hydrogen-bond donors (Lipinski definition) is 3. The van der Waals surface area contributed by atoms with Gasteiger partial charge in [-0.05, 0) is 48.2 Å². The highest BCUT2D eigenvalue weighted by Crippen LogP contribution is 2.43. The Kier molecular flexibility index (Phi) is 11.8. The molecule has 3 N–H and O–H groups in total. The monoisotopic (exact) mass is 894 g/mol. The van der Waals surface area contributed by atoms with Crippen molar-refractivity contribution in [2.75, 3.05) is 42.1 Å². The second-order valence-electron chi connectivity index (χ2n) is 15.4. The van der Waals surface area contributed by atoms with E-state index in [-0.39, 0.29) is 35.2 Å². The van der Waals surface area contributed by atoms with E-state index in [9.17, 15) is 35.2 Å². The van der Waals surface area contributed by atoms with Gasteiger partial charge in [-0.1, -0.05) is 44.2 Å². The predicted molar refractivity (Wildman–Crippen MR) is 217 cm³/mol. The molecule has 22 heteroatoms. The predicted octanol–water partition coefficient (Wildman–Crippen LogP) is 7.00. The SMILES string of the molecule is CC(C)[C@@H](C)C(F)(F)c1cc(C(F)(F)F)nn1CC(=O)N[C@@H](Cc1cc(F)cc(F)c1)c1nc2nc(N3CCNCC3)sc2cc1-c1cccc2c(NS(C)(=O)=O)nn(C)c12. The molecule has 1 aliphatic rings. The number of benzene rings is 2. The minimum atomic E-state index is -5.12. The van der Waals surface area contributed by atoms with Crippen molar-refractivity contribution in [1.82, 2.24) is 40.2 Å². The quantitative estimate of drug-likeness (QED) is 0.104. The van der Waals surface area contributed by atoms with Crippen LogP contribution in [-0.4, -0.2) is 76.3 Å². The van der Waals surface area contributed by atoms with Crippen LogP contribution in [0.1, 0.15) is 49.5 Å². The zero-order chi connectivity index (χ0) is 44.2. The van der Waals surface area contributed by atoms with Crippen molar-refractivity contribution in [1.29, 1.82) is 0 Å². The molecular formula is C39H41F7N10O3S2. The summed E-state index contributed by atoms with van der Waals surface area (Å²) in [5, 5.41) is 14.8. The van der Waals surface area contributed by atoms with Crippen molar-refractivity contribution in [3.8, 4) is 11.1 Å². The number of thiazole rings is 1. The summed E-state index contributed by atoms with van der Waals surface area (Å²) in [6.07, 6.45) is -4.49. The van der Waals surface area contributed by atoms with Gasteiger partial charge in [0.1, 0.15) is 23.9 Å². The van der Waals surface area contributed by atoms with Crippen molar-refractivity contribution >= 4 is 59.5 Å². The maximum Gasteiger partial charge on any atom is 0.435 e. The van der Waals surface area contributed by atoms with E-state index < -0.39 is 75.5 Å². The molecule has 6 aromatic rings. The third-order valence-corrected chi connectivity index (χ3v) is 12.1. The number of halogens is 7. The molecule has 326 valence electrons. The highest BCUT2D eigenvalue weighted by Gasteiger charge is 2.46. The van der Waals surface area contributed by atoms with Crippen molar-refractivity contribution in [3.63, 3.8) is 0 Å². The summed E-state index contributed by atoms with van der Waals surface area (Å²) in [5.74, 6) is -8.88. The summed E-state index contributed by atoms with van der Waals surface area (Å²) >= 11 is 1.34. The number of rotatable bonds is 13. The Morgan fingerprint density at radius 2 is 1.64 bits per heavy atom. The minimum Gasteiger partial charge on any atom is -0.346 e. The molecule has 0 aliphatic carbocycles. The highest BCUT2D eigenvalue weighted by molar-refractivity contribution is 7.92. The molecule has 0 saturated carbocycles. The molecule has 5 heterocycles. The van der Waals surface area contributed by atoms with Crippen molar-refractivity contribution < 1.29 is 43.9 Å². The maximum absolute atomic E-state index is 15.9. The van der Waals surface area contributed by atoms with Gasteiger partial charge >= 0.3 is 6.18 Å². The Labute approximate surface area is 349 Å². The number of aryl methyl sites for hydroxylation is 1. The minimum absolute atomic E-state index is 0.0214. The summed E-state index contributed by atoms with van der Waals surface area (Å²) in [4.78, 5) is 25.9. The van der Waals surface area contributed by atoms with E-state index in [1.165, 1.54) is 36.8 Å². The first-order valence-corrected chi connectivity index (χ1v) is 21.8. The first kappa shape index (κ1) is 43.7. The number of para-hydroxylation sites is 1. The molecule has 13 nitrogen and oxygen atoms in total. The number of pyridine rings is 1. The lowest BCUT2D eigenvalue weighted by Gasteiger charge is -2.27.